The van der Waals surface area contributed by atoms with E-state index >= 15 is 0 Å². The molecule has 0 aromatic heterocycles. The molecule has 2 aromatic carbocycles. The molecule has 2 aromatic rings. The van der Waals surface area contributed by atoms with Gasteiger partial charge in [-0.25, -0.2) is 0 Å². The first-order valence-corrected chi connectivity index (χ1v) is 9.31. The number of benzene rings is 2. The number of nitriles is 4. The maximum Gasteiger partial charge on any atom is 0.154 e. The lowest BCUT2D eigenvalue weighted by Gasteiger charge is -2.14. The van der Waals surface area contributed by atoms with Crippen molar-refractivity contribution in [1.82, 2.24) is 0 Å². The second-order valence-electron chi connectivity index (χ2n) is 6.62. The Kier molecular flexibility index (Phi) is 8.02. The van der Waals surface area contributed by atoms with Gasteiger partial charge in [0.2, 0.25) is 0 Å². The van der Waals surface area contributed by atoms with Crippen LogP contribution in [0.15, 0.2) is 48.5 Å². The fraction of sp³-hybridized carbons (Fsp3) is 0.250. The van der Waals surface area contributed by atoms with Crippen LogP contribution in [-0.4, -0.2) is 11.6 Å². The van der Waals surface area contributed by atoms with Crippen LogP contribution in [0.2, 0.25) is 0 Å². The van der Waals surface area contributed by atoms with Crippen molar-refractivity contribution < 1.29 is 9.59 Å². The lowest BCUT2D eigenvalue weighted by molar-refractivity contribution is -0.124. The molecule has 30 heavy (non-hydrogen) atoms. The lowest BCUT2D eigenvalue weighted by Crippen LogP contribution is -2.17. The summed E-state index contributed by atoms with van der Waals surface area (Å²) in [7, 11) is 0. The van der Waals surface area contributed by atoms with Crippen molar-refractivity contribution in [3.63, 3.8) is 0 Å². The molecule has 0 spiro atoms. The van der Waals surface area contributed by atoms with Gasteiger partial charge in [-0.2, -0.15) is 21.0 Å². The van der Waals surface area contributed by atoms with Gasteiger partial charge in [0.05, 0.1) is 37.1 Å². The molecule has 6 heteroatoms. The van der Waals surface area contributed by atoms with E-state index < -0.39 is 23.4 Å². The van der Waals surface area contributed by atoms with Crippen molar-refractivity contribution in [1.29, 1.82) is 21.0 Å². The van der Waals surface area contributed by atoms with Gasteiger partial charge in [0.25, 0.3) is 0 Å². The molecule has 0 saturated carbocycles. The van der Waals surface area contributed by atoms with Crippen molar-refractivity contribution in [3.05, 3.63) is 70.8 Å². The van der Waals surface area contributed by atoms with Crippen LogP contribution in [0.3, 0.4) is 0 Å². The summed E-state index contributed by atoms with van der Waals surface area (Å²) in [5, 5.41) is 36.9. The fourth-order valence-corrected chi connectivity index (χ4v) is 3.29. The summed E-state index contributed by atoms with van der Waals surface area (Å²) >= 11 is 0. The maximum absolute atomic E-state index is 12.7. The molecule has 6 nitrogen and oxygen atoms in total. The van der Waals surface area contributed by atoms with Crippen molar-refractivity contribution in [2.45, 2.75) is 37.5 Å². The summed E-state index contributed by atoms with van der Waals surface area (Å²) in [4.78, 5) is 25.3. The van der Waals surface area contributed by atoms with Crippen LogP contribution in [0, 0.1) is 45.3 Å². The minimum absolute atomic E-state index is 0.0761. The Hall–Kier alpha value is -4.26. The van der Waals surface area contributed by atoms with Crippen molar-refractivity contribution in [2.24, 2.45) is 0 Å². The molecule has 0 aliphatic carbocycles. The number of nitrogens with zero attached hydrogens (tertiary/aromatic N) is 4. The van der Waals surface area contributed by atoms with Crippen molar-refractivity contribution >= 4 is 11.6 Å². The second-order valence-corrected chi connectivity index (χ2v) is 6.62. The van der Waals surface area contributed by atoms with E-state index in [1.54, 1.807) is 48.5 Å². The normalized spacial score (nSPS) is 11.7. The molecular weight excluding hydrogens is 376 g/mol. The Labute approximate surface area is 175 Å². The van der Waals surface area contributed by atoms with E-state index in [9.17, 15) is 20.1 Å². The summed E-state index contributed by atoms with van der Waals surface area (Å²) in [6.45, 7) is 0. The Morgan fingerprint density at radius 1 is 0.667 bits per heavy atom. The molecule has 0 radical (unpaired) electrons. The number of ketones is 2. The minimum atomic E-state index is -1.08. The van der Waals surface area contributed by atoms with E-state index in [0.29, 0.717) is 22.3 Å². The molecule has 0 aliphatic heterocycles. The third kappa shape index (κ3) is 5.17. The van der Waals surface area contributed by atoms with Crippen LogP contribution in [0.5, 0.6) is 0 Å². The molecule has 0 aliphatic rings. The number of Topliss-reactive ketones (excluding diaryl/α,β-unsaturated/α-hetero) is 2. The number of carbonyl (C=O) groups is 2. The van der Waals surface area contributed by atoms with E-state index in [2.05, 4.69) is 0 Å². The van der Waals surface area contributed by atoms with Gasteiger partial charge < -0.3 is 0 Å². The Bertz CT molecular complexity index is 1020. The van der Waals surface area contributed by atoms with Gasteiger partial charge >= 0.3 is 0 Å². The van der Waals surface area contributed by atoms with E-state index in [-0.39, 0.29) is 25.7 Å². The van der Waals surface area contributed by atoms with Gasteiger partial charge in [-0.1, -0.05) is 48.5 Å². The highest BCUT2D eigenvalue weighted by Gasteiger charge is 2.26. The van der Waals surface area contributed by atoms with Gasteiger partial charge in [0, 0.05) is 12.8 Å². The third-order valence-corrected chi connectivity index (χ3v) is 4.79. The number of hydrogen-bond donors (Lipinski definition) is 0. The van der Waals surface area contributed by atoms with Crippen molar-refractivity contribution in [3.8, 4) is 24.3 Å². The molecule has 2 rings (SSSR count). The molecule has 0 fully saturated rings. The molecule has 0 saturated heterocycles. The molecule has 0 amide bonds. The maximum atomic E-state index is 12.7. The van der Waals surface area contributed by atoms with Gasteiger partial charge in [0.1, 0.15) is 11.8 Å². The van der Waals surface area contributed by atoms with Crippen LogP contribution < -0.4 is 0 Å². The summed E-state index contributed by atoms with van der Waals surface area (Å²) in [6.07, 6.45) is -0.216. The van der Waals surface area contributed by atoms with Crippen LogP contribution in [-0.2, 0) is 22.4 Å². The molecule has 2 atom stereocenters. The van der Waals surface area contributed by atoms with Crippen LogP contribution in [0.4, 0.5) is 0 Å². The first-order valence-electron chi connectivity index (χ1n) is 9.31. The predicted molar refractivity (Wildman–Crippen MR) is 107 cm³/mol. The highest BCUT2D eigenvalue weighted by Crippen LogP contribution is 2.26. The Balaban J connectivity index is 2.16. The van der Waals surface area contributed by atoms with Crippen LogP contribution in [0.1, 0.15) is 46.9 Å². The fourth-order valence-electron chi connectivity index (χ4n) is 3.29. The number of carbonyl (C=O) groups excluding carboxylic acids is 2. The highest BCUT2D eigenvalue weighted by molar-refractivity contribution is 5.95. The van der Waals surface area contributed by atoms with Gasteiger partial charge in [-0.15, -0.1) is 0 Å². The molecule has 0 heterocycles. The average molecular weight is 394 g/mol. The predicted octanol–water partition coefficient (Wildman–Crippen LogP) is 3.65. The summed E-state index contributed by atoms with van der Waals surface area (Å²) < 4.78 is 0. The van der Waals surface area contributed by atoms with Gasteiger partial charge in [0.15, 0.2) is 11.6 Å². The third-order valence-electron chi connectivity index (χ3n) is 4.79. The Morgan fingerprint density at radius 3 is 1.37 bits per heavy atom. The topological polar surface area (TPSA) is 129 Å². The zero-order valence-electron chi connectivity index (χ0n) is 16.2. The van der Waals surface area contributed by atoms with E-state index in [1.807, 2.05) is 24.3 Å². The van der Waals surface area contributed by atoms with Crippen LogP contribution >= 0.6 is 0 Å². The van der Waals surface area contributed by atoms with E-state index in [4.69, 9.17) is 10.5 Å². The monoisotopic (exact) mass is 394 g/mol. The average Bonchev–Trinajstić information content (AvgIpc) is 2.76. The zero-order chi connectivity index (χ0) is 21.9. The SMILES string of the molecule is N#CCc1ccccc1C(C#N)C(=O)CCC(=O)C(C#N)c1ccccc1CC#N. The number of rotatable bonds is 9. The standard InChI is InChI=1S/C24H18N4O2/c25-13-11-17-5-1-3-7-19(17)21(15-27)23(29)9-10-24(30)22(16-28)20-8-4-2-6-18(20)12-14-26/h1-8,21-22H,9-12H2. The first kappa shape index (κ1) is 22.0. The molecule has 0 N–H and O–H groups in total. The first-order chi connectivity index (χ1) is 14.6. The lowest BCUT2D eigenvalue weighted by atomic mass is 9.86. The molecular formula is C24H18N4O2. The zero-order valence-corrected chi connectivity index (χ0v) is 16.2. The van der Waals surface area contributed by atoms with Gasteiger partial charge in [-0.05, 0) is 22.3 Å². The van der Waals surface area contributed by atoms with E-state index in [0.717, 1.165) is 0 Å². The van der Waals surface area contributed by atoms with E-state index in [1.165, 1.54) is 0 Å². The minimum Gasteiger partial charge on any atom is -0.298 e. The summed E-state index contributed by atoms with van der Waals surface area (Å²) in [6, 6.07) is 21.5. The number of hydrogen-bond acceptors (Lipinski definition) is 6. The van der Waals surface area contributed by atoms with Gasteiger partial charge in [-0.3, -0.25) is 9.59 Å². The Morgan fingerprint density at radius 2 is 1.03 bits per heavy atom. The van der Waals surface area contributed by atoms with Crippen molar-refractivity contribution in [2.75, 3.05) is 0 Å². The largest absolute Gasteiger partial charge is 0.298 e. The summed E-state index contributed by atoms with van der Waals surface area (Å²) in [5.74, 6) is -3.01. The molecule has 2 unspecified atom stereocenters. The quantitative estimate of drug-likeness (QED) is 0.638. The molecule has 0 bridgehead atoms. The van der Waals surface area contributed by atoms with Crippen LogP contribution in [0.25, 0.3) is 0 Å². The second kappa shape index (κ2) is 10.9. The highest BCUT2D eigenvalue weighted by atomic mass is 16.1. The smallest absolute Gasteiger partial charge is 0.154 e. The summed E-state index contributed by atoms with van der Waals surface area (Å²) in [5.41, 5.74) is 2.14. The molecule has 146 valence electrons.